The van der Waals surface area contributed by atoms with Crippen LogP contribution in [0.1, 0.15) is 52.2 Å². The van der Waals surface area contributed by atoms with Crippen LogP contribution in [0.2, 0.25) is 0 Å². The number of rotatable bonds is 8. The number of esters is 1. The standard InChI is InChI=1S/C29H40N2O4/c1-21-19-31(15-14-29(21,5)24-12-9-13-25(32)17-24)20-23(16-22-10-7-6-8-11-22)27(34)30-18-26(33)35-28(2,3)4/h6-13,17,21,23,32H,14-16,18-20H2,1-5H3,(H,30,34)/t21-,23-,29+/m0/s1. The van der Waals surface area contributed by atoms with Crippen LogP contribution >= 0.6 is 0 Å². The largest absolute Gasteiger partial charge is 0.508 e. The molecule has 190 valence electrons. The van der Waals surface area contributed by atoms with Crippen molar-refractivity contribution in [1.82, 2.24) is 10.2 Å². The molecular formula is C29H40N2O4. The van der Waals surface area contributed by atoms with E-state index < -0.39 is 11.6 Å². The van der Waals surface area contributed by atoms with E-state index in [2.05, 4.69) is 30.1 Å². The molecule has 1 amide bonds. The zero-order chi connectivity index (χ0) is 25.6. The number of carbonyl (C=O) groups is 2. The van der Waals surface area contributed by atoms with Crippen molar-refractivity contribution in [2.24, 2.45) is 11.8 Å². The quantitative estimate of drug-likeness (QED) is 0.551. The van der Waals surface area contributed by atoms with Crippen molar-refractivity contribution in [3.8, 4) is 5.75 Å². The van der Waals surface area contributed by atoms with Crippen molar-refractivity contribution in [3.05, 3.63) is 65.7 Å². The van der Waals surface area contributed by atoms with Crippen LogP contribution in [0.4, 0.5) is 0 Å². The van der Waals surface area contributed by atoms with E-state index >= 15 is 0 Å². The molecule has 1 aliphatic heterocycles. The monoisotopic (exact) mass is 480 g/mol. The Morgan fingerprint density at radius 1 is 1.17 bits per heavy atom. The summed E-state index contributed by atoms with van der Waals surface area (Å²) < 4.78 is 5.34. The number of aromatic hydroxyl groups is 1. The van der Waals surface area contributed by atoms with Crippen molar-refractivity contribution in [3.63, 3.8) is 0 Å². The molecule has 2 N–H and O–H groups in total. The van der Waals surface area contributed by atoms with Crippen LogP contribution in [-0.2, 0) is 26.2 Å². The minimum Gasteiger partial charge on any atom is -0.508 e. The van der Waals surface area contributed by atoms with E-state index in [-0.39, 0.29) is 23.8 Å². The maximum absolute atomic E-state index is 13.2. The number of carbonyl (C=O) groups excluding carboxylic acids is 2. The summed E-state index contributed by atoms with van der Waals surface area (Å²) in [5.74, 6) is -0.202. The van der Waals surface area contributed by atoms with Gasteiger partial charge in [-0.05, 0) is 74.8 Å². The second-order valence-electron chi connectivity index (χ2n) is 11.1. The van der Waals surface area contributed by atoms with Gasteiger partial charge >= 0.3 is 5.97 Å². The maximum Gasteiger partial charge on any atom is 0.325 e. The Kier molecular flexibility index (Phi) is 8.60. The first-order valence-corrected chi connectivity index (χ1v) is 12.5. The lowest BCUT2D eigenvalue weighted by Gasteiger charge is -2.45. The molecule has 35 heavy (non-hydrogen) atoms. The third kappa shape index (κ3) is 7.56. The first-order valence-electron chi connectivity index (χ1n) is 12.5. The summed E-state index contributed by atoms with van der Waals surface area (Å²) in [7, 11) is 0. The Labute approximate surface area is 209 Å². The molecule has 0 radical (unpaired) electrons. The van der Waals surface area contributed by atoms with Gasteiger partial charge in [0.2, 0.25) is 5.91 Å². The number of amides is 1. The van der Waals surface area contributed by atoms with Crippen LogP contribution in [0.15, 0.2) is 54.6 Å². The lowest BCUT2D eigenvalue weighted by atomic mass is 9.68. The Bertz CT molecular complexity index is 1000. The summed E-state index contributed by atoms with van der Waals surface area (Å²) in [5.41, 5.74) is 1.63. The van der Waals surface area contributed by atoms with Crippen molar-refractivity contribution in [2.45, 2.75) is 58.5 Å². The smallest absolute Gasteiger partial charge is 0.325 e. The topological polar surface area (TPSA) is 78.9 Å². The van der Waals surface area contributed by atoms with E-state index in [1.54, 1.807) is 6.07 Å². The van der Waals surface area contributed by atoms with Crippen LogP contribution in [0.3, 0.4) is 0 Å². The average molecular weight is 481 g/mol. The first-order chi connectivity index (χ1) is 16.5. The van der Waals surface area contributed by atoms with E-state index in [1.165, 1.54) is 0 Å². The number of nitrogens with zero attached hydrogens (tertiary/aromatic N) is 1. The number of likely N-dealkylation sites (tertiary alicyclic amines) is 1. The summed E-state index contributed by atoms with van der Waals surface area (Å²) in [5, 5.41) is 12.8. The van der Waals surface area contributed by atoms with Gasteiger partial charge in [0.1, 0.15) is 17.9 Å². The number of nitrogens with one attached hydrogen (secondary N) is 1. The highest BCUT2D eigenvalue weighted by atomic mass is 16.6. The lowest BCUT2D eigenvalue weighted by molar-refractivity contribution is -0.154. The van der Waals surface area contributed by atoms with Crippen LogP contribution < -0.4 is 5.32 Å². The Morgan fingerprint density at radius 3 is 2.51 bits per heavy atom. The molecule has 1 heterocycles. The SMILES string of the molecule is C[C@H]1CN(C[C@H](Cc2ccccc2)C(=O)NCC(=O)OC(C)(C)C)CC[C@@]1(C)c1cccc(O)c1. The van der Waals surface area contributed by atoms with Crippen molar-refractivity contribution in [2.75, 3.05) is 26.2 Å². The van der Waals surface area contributed by atoms with Gasteiger partial charge in [0.05, 0.1) is 5.92 Å². The molecule has 3 atom stereocenters. The highest BCUT2D eigenvalue weighted by molar-refractivity contribution is 5.84. The fourth-order valence-corrected chi connectivity index (χ4v) is 4.90. The van der Waals surface area contributed by atoms with Gasteiger partial charge in [-0.15, -0.1) is 0 Å². The molecule has 0 spiro atoms. The van der Waals surface area contributed by atoms with E-state index in [1.807, 2.05) is 63.2 Å². The molecule has 0 aromatic heterocycles. The van der Waals surface area contributed by atoms with Gasteiger partial charge in [0, 0.05) is 13.1 Å². The molecule has 0 saturated carbocycles. The summed E-state index contributed by atoms with van der Waals surface area (Å²) >= 11 is 0. The molecule has 2 aromatic rings. The predicted octanol–water partition coefficient (Wildman–Crippen LogP) is 4.31. The number of hydrogen-bond donors (Lipinski definition) is 2. The molecule has 0 aliphatic carbocycles. The van der Waals surface area contributed by atoms with E-state index in [4.69, 9.17) is 4.74 Å². The molecule has 1 aliphatic rings. The van der Waals surface area contributed by atoms with Crippen LogP contribution in [-0.4, -0.2) is 53.7 Å². The van der Waals surface area contributed by atoms with Gasteiger partial charge < -0.3 is 20.1 Å². The Hall–Kier alpha value is -2.86. The van der Waals surface area contributed by atoms with Gasteiger partial charge in [0.25, 0.3) is 0 Å². The van der Waals surface area contributed by atoms with Crippen molar-refractivity contribution < 1.29 is 19.4 Å². The van der Waals surface area contributed by atoms with Crippen molar-refractivity contribution >= 4 is 11.9 Å². The van der Waals surface area contributed by atoms with E-state index in [0.717, 1.165) is 30.6 Å². The zero-order valence-electron chi connectivity index (χ0n) is 21.7. The first kappa shape index (κ1) is 26.7. The summed E-state index contributed by atoms with van der Waals surface area (Å²) in [6.07, 6.45) is 1.55. The number of ether oxygens (including phenoxy) is 1. The highest BCUT2D eigenvalue weighted by Gasteiger charge is 2.39. The maximum atomic E-state index is 13.2. The number of phenols is 1. The van der Waals surface area contributed by atoms with Crippen LogP contribution in [0.25, 0.3) is 0 Å². The zero-order valence-corrected chi connectivity index (χ0v) is 21.7. The average Bonchev–Trinajstić information content (AvgIpc) is 2.79. The highest BCUT2D eigenvalue weighted by Crippen LogP contribution is 2.40. The molecule has 2 aromatic carbocycles. The summed E-state index contributed by atoms with van der Waals surface area (Å²) in [6, 6.07) is 17.6. The Balaban J connectivity index is 1.67. The number of phenolic OH excluding ortho intramolecular Hbond substituents is 1. The molecular weight excluding hydrogens is 440 g/mol. The third-order valence-electron chi connectivity index (χ3n) is 7.07. The molecule has 1 saturated heterocycles. The van der Waals surface area contributed by atoms with Crippen molar-refractivity contribution in [1.29, 1.82) is 0 Å². The second-order valence-corrected chi connectivity index (χ2v) is 11.1. The third-order valence-corrected chi connectivity index (χ3v) is 7.07. The fourth-order valence-electron chi connectivity index (χ4n) is 4.90. The van der Waals surface area contributed by atoms with E-state index in [0.29, 0.717) is 24.6 Å². The van der Waals surface area contributed by atoms with Gasteiger partial charge in [-0.2, -0.15) is 0 Å². The molecule has 1 fully saturated rings. The van der Waals surface area contributed by atoms with Gasteiger partial charge in [-0.3, -0.25) is 9.59 Å². The second kappa shape index (κ2) is 11.3. The lowest BCUT2D eigenvalue weighted by Crippen LogP contribution is -2.50. The predicted molar refractivity (Wildman–Crippen MR) is 138 cm³/mol. The minimum atomic E-state index is -0.586. The minimum absolute atomic E-state index is 0.0386. The molecule has 0 unspecified atom stereocenters. The summed E-state index contributed by atoms with van der Waals surface area (Å²) in [6.45, 7) is 12.2. The van der Waals surface area contributed by atoms with Gasteiger partial charge in [0.15, 0.2) is 0 Å². The number of hydrogen-bond acceptors (Lipinski definition) is 5. The number of piperidine rings is 1. The normalized spacial score (nSPS) is 21.8. The number of benzene rings is 2. The van der Waals surface area contributed by atoms with Crippen LogP contribution in [0.5, 0.6) is 5.75 Å². The van der Waals surface area contributed by atoms with Crippen LogP contribution in [0, 0.1) is 11.8 Å². The summed E-state index contributed by atoms with van der Waals surface area (Å²) in [4.78, 5) is 27.7. The Morgan fingerprint density at radius 2 is 1.89 bits per heavy atom. The molecule has 6 heteroatoms. The molecule has 6 nitrogen and oxygen atoms in total. The van der Waals surface area contributed by atoms with E-state index in [9.17, 15) is 14.7 Å². The molecule has 3 rings (SSSR count). The van der Waals surface area contributed by atoms with Gasteiger partial charge in [-0.1, -0.05) is 56.3 Å². The van der Waals surface area contributed by atoms with Gasteiger partial charge in [-0.25, -0.2) is 0 Å². The fraction of sp³-hybridized carbons (Fsp3) is 0.517. The molecule has 0 bridgehead atoms.